The number of carbonyl (C=O) groups excluding carboxylic acids is 1. The van der Waals surface area contributed by atoms with Crippen LogP contribution >= 0.6 is 15.9 Å². The topological polar surface area (TPSA) is 32.3 Å². The molecule has 5 heteroatoms. The summed E-state index contributed by atoms with van der Waals surface area (Å²) in [5, 5.41) is 3.36. The zero-order chi connectivity index (χ0) is 17.4. The fourth-order valence-electron chi connectivity index (χ4n) is 3.06. The van der Waals surface area contributed by atoms with E-state index < -0.39 is 6.17 Å². The van der Waals surface area contributed by atoms with Crippen molar-refractivity contribution in [3.8, 4) is 0 Å². The standard InChI is InChI=1S/C20H14BrFN2O/c21-14-6-4-8-16(12-14)24-19(13-5-3-7-15(22)11-13)23-18-10-2-1-9-17(18)20(24)25/h1-12,19,23H/t19-/m0/s1. The molecule has 0 bridgehead atoms. The SMILES string of the molecule is O=C1c2ccccc2N[C@H](c2cccc(F)c2)N1c1cccc(Br)c1. The number of hydrogen-bond donors (Lipinski definition) is 1. The molecule has 1 amide bonds. The van der Waals surface area contributed by atoms with Gasteiger partial charge in [0.15, 0.2) is 0 Å². The molecule has 3 nitrogen and oxygen atoms in total. The van der Waals surface area contributed by atoms with Gasteiger partial charge in [-0.1, -0.05) is 46.3 Å². The maximum atomic E-state index is 13.8. The van der Waals surface area contributed by atoms with Crippen LogP contribution in [0.25, 0.3) is 0 Å². The number of fused-ring (bicyclic) bond motifs is 1. The van der Waals surface area contributed by atoms with Crippen molar-refractivity contribution in [2.75, 3.05) is 10.2 Å². The van der Waals surface area contributed by atoms with Crippen LogP contribution in [-0.2, 0) is 0 Å². The molecule has 0 fully saturated rings. The Morgan fingerprint density at radius 1 is 0.960 bits per heavy atom. The molecule has 0 aromatic heterocycles. The van der Waals surface area contributed by atoms with E-state index in [2.05, 4.69) is 21.2 Å². The highest BCUT2D eigenvalue weighted by molar-refractivity contribution is 9.10. The number of hydrogen-bond acceptors (Lipinski definition) is 2. The van der Waals surface area contributed by atoms with Gasteiger partial charge in [0.1, 0.15) is 12.0 Å². The van der Waals surface area contributed by atoms with E-state index in [4.69, 9.17) is 0 Å². The van der Waals surface area contributed by atoms with Crippen molar-refractivity contribution >= 4 is 33.2 Å². The van der Waals surface area contributed by atoms with E-state index in [1.54, 1.807) is 17.0 Å². The van der Waals surface area contributed by atoms with Gasteiger partial charge in [0.05, 0.1) is 5.56 Å². The summed E-state index contributed by atoms with van der Waals surface area (Å²) in [6.45, 7) is 0. The van der Waals surface area contributed by atoms with Crippen LogP contribution in [0.5, 0.6) is 0 Å². The van der Waals surface area contributed by atoms with E-state index >= 15 is 0 Å². The van der Waals surface area contributed by atoms with E-state index in [9.17, 15) is 9.18 Å². The average Bonchev–Trinajstić information content (AvgIpc) is 2.61. The first-order chi connectivity index (χ1) is 12.1. The third kappa shape index (κ3) is 2.91. The molecule has 0 spiro atoms. The Kier molecular flexibility index (Phi) is 4.01. The van der Waals surface area contributed by atoms with E-state index in [0.29, 0.717) is 11.1 Å². The number of rotatable bonds is 2. The molecule has 4 rings (SSSR count). The van der Waals surface area contributed by atoms with Crippen molar-refractivity contribution < 1.29 is 9.18 Å². The fraction of sp³-hybridized carbons (Fsp3) is 0.0500. The molecule has 124 valence electrons. The number of carbonyl (C=O) groups is 1. The molecule has 1 aliphatic rings. The molecule has 1 N–H and O–H groups in total. The summed E-state index contributed by atoms with van der Waals surface area (Å²) in [6.07, 6.45) is -0.493. The number of para-hydroxylation sites is 1. The second-order valence-electron chi connectivity index (χ2n) is 5.80. The molecule has 3 aromatic carbocycles. The first-order valence-electron chi connectivity index (χ1n) is 7.83. The van der Waals surface area contributed by atoms with Crippen LogP contribution in [0.3, 0.4) is 0 Å². The molecule has 0 radical (unpaired) electrons. The fourth-order valence-corrected chi connectivity index (χ4v) is 3.44. The molecule has 0 saturated carbocycles. The summed E-state index contributed by atoms with van der Waals surface area (Å²) in [4.78, 5) is 14.8. The molecular formula is C20H14BrFN2O. The Hall–Kier alpha value is -2.66. The second-order valence-corrected chi connectivity index (χ2v) is 6.72. The van der Waals surface area contributed by atoms with Gasteiger partial charge in [-0.3, -0.25) is 9.69 Å². The lowest BCUT2D eigenvalue weighted by atomic mass is 10.0. The molecule has 0 saturated heterocycles. The van der Waals surface area contributed by atoms with Gasteiger partial charge >= 0.3 is 0 Å². The van der Waals surface area contributed by atoms with Gasteiger partial charge in [-0.2, -0.15) is 0 Å². The van der Waals surface area contributed by atoms with E-state index in [-0.39, 0.29) is 11.7 Å². The van der Waals surface area contributed by atoms with Crippen molar-refractivity contribution in [2.24, 2.45) is 0 Å². The molecular weight excluding hydrogens is 383 g/mol. The lowest BCUT2D eigenvalue weighted by molar-refractivity contribution is 0.0975. The third-order valence-electron chi connectivity index (χ3n) is 4.18. The Balaban J connectivity index is 1.88. The second kappa shape index (κ2) is 6.33. The Bertz CT molecular complexity index is 960. The Morgan fingerprint density at radius 3 is 2.56 bits per heavy atom. The zero-order valence-electron chi connectivity index (χ0n) is 13.1. The highest BCUT2D eigenvalue weighted by Crippen LogP contribution is 2.37. The third-order valence-corrected chi connectivity index (χ3v) is 4.67. The van der Waals surface area contributed by atoms with Gasteiger partial charge in [-0.25, -0.2) is 4.39 Å². The van der Waals surface area contributed by atoms with Crippen molar-refractivity contribution in [3.05, 3.63) is 94.2 Å². The minimum Gasteiger partial charge on any atom is -0.360 e. The minimum atomic E-state index is -0.493. The number of halogens is 2. The lowest BCUT2D eigenvalue weighted by Gasteiger charge is -2.38. The molecule has 25 heavy (non-hydrogen) atoms. The summed E-state index contributed by atoms with van der Waals surface area (Å²) in [5.41, 5.74) is 2.75. The van der Waals surface area contributed by atoms with Crippen LogP contribution in [0.2, 0.25) is 0 Å². The molecule has 0 unspecified atom stereocenters. The first-order valence-corrected chi connectivity index (χ1v) is 8.63. The number of nitrogens with zero attached hydrogens (tertiary/aromatic N) is 1. The van der Waals surface area contributed by atoms with E-state index in [1.807, 2.05) is 48.5 Å². The largest absolute Gasteiger partial charge is 0.360 e. The quantitative estimate of drug-likeness (QED) is 0.632. The maximum Gasteiger partial charge on any atom is 0.262 e. The molecule has 0 aliphatic carbocycles. The van der Waals surface area contributed by atoms with Crippen LogP contribution in [0.15, 0.2) is 77.3 Å². The van der Waals surface area contributed by atoms with Crippen LogP contribution in [-0.4, -0.2) is 5.91 Å². The number of benzene rings is 3. The zero-order valence-corrected chi connectivity index (χ0v) is 14.7. The van der Waals surface area contributed by atoms with Crippen molar-refractivity contribution in [3.63, 3.8) is 0 Å². The predicted octanol–water partition coefficient (Wildman–Crippen LogP) is 5.36. The highest BCUT2D eigenvalue weighted by atomic mass is 79.9. The summed E-state index contributed by atoms with van der Waals surface area (Å²) in [7, 11) is 0. The smallest absolute Gasteiger partial charge is 0.262 e. The van der Waals surface area contributed by atoms with Crippen molar-refractivity contribution in [1.82, 2.24) is 0 Å². The van der Waals surface area contributed by atoms with Gasteiger partial charge in [0.25, 0.3) is 5.91 Å². The Labute approximate surface area is 153 Å². The van der Waals surface area contributed by atoms with Crippen LogP contribution in [0, 0.1) is 5.82 Å². The maximum absolute atomic E-state index is 13.8. The molecule has 1 aliphatic heterocycles. The average molecular weight is 397 g/mol. The van der Waals surface area contributed by atoms with E-state index in [1.165, 1.54) is 12.1 Å². The number of anilines is 2. The van der Waals surface area contributed by atoms with Gasteiger partial charge in [-0.15, -0.1) is 0 Å². The highest BCUT2D eigenvalue weighted by Gasteiger charge is 2.34. The monoisotopic (exact) mass is 396 g/mol. The Morgan fingerprint density at radius 2 is 1.76 bits per heavy atom. The summed E-state index contributed by atoms with van der Waals surface area (Å²) in [6, 6.07) is 21.2. The molecule has 1 atom stereocenters. The van der Waals surface area contributed by atoms with E-state index in [0.717, 1.165) is 15.8 Å². The normalized spacial score (nSPS) is 16.3. The van der Waals surface area contributed by atoms with Crippen molar-refractivity contribution in [1.29, 1.82) is 0 Å². The van der Waals surface area contributed by atoms with Gasteiger partial charge < -0.3 is 5.32 Å². The molecule has 1 heterocycles. The lowest BCUT2D eigenvalue weighted by Crippen LogP contribution is -2.43. The molecule has 3 aromatic rings. The van der Waals surface area contributed by atoms with Gasteiger partial charge in [0, 0.05) is 15.8 Å². The van der Waals surface area contributed by atoms with Crippen LogP contribution < -0.4 is 10.2 Å². The predicted molar refractivity (Wildman–Crippen MR) is 100 cm³/mol. The van der Waals surface area contributed by atoms with Gasteiger partial charge in [-0.05, 0) is 48.0 Å². The van der Waals surface area contributed by atoms with Crippen LogP contribution in [0.1, 0.15) is 22.1 Å². The van der Waals surface area contributed by atoms with Crippen LogP contribution in [0.4, 0.5) is 15.8 Å². The number of amides is 1. The summed E-state index contributed by atoms with van der Waals surface area (Å²) < 4.78 is 14.6. The van der Waals surface area contributed by atoms with Crippen molar-refractivity contribution in [2.45, 2.75) is 6.17 Å². The minimum absolute atomic E-state index is 0.123. The first kappa shape index (κ1) is 15.8. The number of nitrogens with one attached hydrogen (secondary N) is 1. The van der Waals surface area contributed by atoms with Gasteiger partial charge in [0.2, 0.25) is 0 Å². The summed E-state index contributed by atoms with van der Waals surface area (Å²) in [5.74, 6) is -0.457. The summed E-state index contributed by atoms with van der Waals surface area (Å²) >= 11 is 3.45.